The third-order valence-corrected chi connectivity index (χ3v) is 5.07. The summed E-state index contributed by atoms with van der Waals surface area (Å²) in [7, 11) is -3.80. The highest BCUT2D eigenvalue weighted by atomic mass is 32.2. The molecule has 3 N–H and O–H groups in total. The molecule has 1 aliphatic carbocycles. The Bertz CT molecular complexity index is 845. The van der Waals surface area contributed by atoms with Crippen LogP contribution in [0.1, 0.15) is 36.4 Å². The monoisotopic (exact) mass is 348 g/mol. The average molecular weight is 348 g/mol. The number of hydrogen-bond donors (Lipinski definition) is 2. The van der Waals surface area contributed by atoms with Gasteiger partial charge in [-0.1, -0.05) is 30.7 Å². The van der Waals surface area contributed by atoms with E-state index in [1.165, 1.54) is 16.4 Å². The number of nitrogens with one attached hydrogen (secondary N) is 1. The fraction of sp³-hybridized carbons (Fsp3) is 0.375. The summed E-state index contributed by atoms with van der Waals surface area (Å²) in [5, 5.41) is 11.9. The van der Waals surface area contributed by atoms with Crippen LogP contribution in [0.3, 0.4) is 0 Å². The molecule has 0 bridgehead atoms. The molecule has 0 saturated heterocycles. The molecule has 0 aliphatic heterocycles. The second kappa shape index (κ2) is 6.74. The number of nitrogens with two attached hydrogens (primary N) is 1. The van der Waals surface area contributed by atoms with Crippen molar-refractivity contribution < 1.29 is 13.2 Å². The Morgan fingerprint density at radius 3 is 2.88 bits per heavy atom. The van der Waals surface area contributed by atoms with Crippen LogP contribution in [-0.2, 0) is 27.8 Å². The van der Waals surface area contributed by atoms with E-state index in [2.05, 4.69) is 22.5 Å². The predicted octanol–water partition coefficient (Wildman–Crippen LogP) is 1.11. The van der Waals surface area contributed by atoms with Crippen LogP contribution in [0.5, 0.6) is 0 Å². The van der Waals surface area contributed by atoms with Crippen molar-refractivity contribution in [1.29, 1.82) is 0 Å². The molecule has 2 aromatic rings. The third-order valence-electron chi connectivity index (χ3n) is 4.20. The third kappa shape index (κ3) is 3.82. The van der Waals surface area contributed by atoms with Crippen LogP contribution >= 0.6 is 0 Å². The molecule has 7 nitrogen and oxygen atoms in total. The van der Waals surface area contributed by atoms with Gasteiger partial charge in [-0.25, -0.2) is 13.6 Å². The fourth-order valence-corrected chi connectivity index (χ4v) is 3.50. The number of rotatable bonds is 4. The van der Waals surface area contributed by atoms with Crippen molar-refractivity contribution >= 4 is 15.9 Å². The van der Waals surface area contributed by atoms with E-state index in [4.69, 9.17) is 5.14 Å². The average Bonchev–Trinajstić information content (AvgIpc) is 2.90. The SMILES string of the molecule is NS(=O)(=O)c1cnn(CC(=O)N[C@@H]2CCCCc3ccccc32)c1. The number of sulfonamides is 1. The number of amides is 1. The van der Waals surface area contributed by atoms with Gasteiger partial charge in [0.2, 0.25) is 15.9 Å². The normalized spacial score (nSPS) is 17.8. The van der Waals surface area contributed by atoms with Gasteiger partial charge in [0.25, 0.3) is 0 Å². The van der Waals surface area contributed by atoms with Crippen molar-refractivity contribution in [2.45, 2.75) is 43.2 Å². The number of fused-ring (bicyclic) bond motifs is 1. The summed E-state index contributed by atoms with van der Waals surface area (Å²) in [6.45, 7) is -0.0474. The number of benzene rings is 1. The molecule has 128 valence electrons. The summed E-state index contributed by atoms with van der Waals surface area (Å²) in [5.41, 5.74) is 2.44. The molecule has 1 aromatic carbocycles. The lowest BCUT2D eigenvalue weighted by molar-refractivity contribution is -0.122. The van der Waals surface area contributed by atoms with E-state index in [0.717, 1.165) is 37.4 Å². The minimum Gasteiger partial charge on any atom is -0.348 e. The number of carbonyl (C=O) groups is 1. The molecule has 0 unspecified atom stereocenters. The van der Waals surface area contributed by atoms with Gasteiger partial charge in [0, 0.05) is 6.20 Å². The van der Waals surface area contributed by atoms with E-state index in [-0.39, 0.29) is 23.4 Å². The Labute approximate surface area is 140 Å². The van der Waals surface area contributed by atoms with Gasteiger partial charge >= 0.3 is 0 Å². The molecule has 24 heavy (non-hydrogen) atoms. The molecule has 3 rings (SSSR count). The van der Waals surface area contributed by atoms with E-state index in [1.807, 2.05) is 12.1 Å². The highest BCUT2D eigenvalue weighted by Crippen LogP contribution is 2.28. The number of hydrogen-bond acceptors (Lipinski definition) is 4. The maximum absolute atomic E-state index is 12.3. The van der Waals surface area contributed by atoms with Gasteiger partial charge in [-0.3, -0.25) is 9.48 Å². The van der Waals surface area contributed by atoms with Crippen LogP contribution in [0.25, 0.3) is 0 Å². The second-order valence-electron chi connectivity index (χ2n) is 5.98. The summed E-state index contributed by atoms with van der Waals surface area (Å²) in [5.74, 6) is -0.208. The van der Waals surface area contributed by atoms with Gasteiger partial charge in [-0.2, -0.15) is 5.10 Å². The lowest BCUT2D eigenvalue weighted by Gasteiger charge is -2.19. The van der Waals surface area contributed by atoms with Gasteiger partial charge in [-0.15, -0.1) is 0 Å². The van der Waals surface area contributed by atoms with Gasteiger partial charge < -0.3 is 5.32 Å². The van der Waals surface area contributed by atoms with Crippen LogP contribution in [0.15, 0.2) is 41.6 Å². The number of aryl methyl sites for hydroxylation is 1. The molecule has 0 spiro atoms. The zero-order valence-corrected chi connectivity index (χ0v) is 14.0. The Hall–Kier alpha value is -2.19. The van der Waals surface area contributed by atoms with Crippen molar-refractivity contribution in [1.82, 2.24) is 15.1 Å². The molecule has 1 aromatic heterocycles. The van der Waals surface area contributed by atoms with Crippen LogP contribution in [0.2, 0.25) is 0 Å². The second-order valence-corrected chi connectivity index (χ2v) is 7.54. The molecule has 0 saturated carbocycles. The number of aromatic nitrogens is 2. The van der Waals surface area contributed by atoms with Crippen molar-refractivity contribution in [2.75, 3.05) is 0 Å². The Balaban J connectivity index is 1.70. The summed E-state index contributed by atoms with van der Waals surface area (Å²) < 4.78 is 23.8. The molecular weight excluding hydrogens is 328 g/mol. The Morgan fingerprint density at radius 2 is 2.12 bits per heavy atom. The Kier molecular flexibility index (Phi) is 4.68. The smallest absolute Gasteiger partial charge is 0.242 e. The zero-order chi connectivity index (χ0) is 17.2. The molecule has 1 heterocycles. The number of carbonyl (C=O) groups excluding carboxylic acids is 1. The standard InChI is InChI=1S/C16H20N4O3S/c17-24(22,23)13-9-18-20(10-13)11-16(21)19-15-8-4-2-6-12-5-1-3-7-14(12)15/h1,3,5,7,9-10,15H,2,4,6,8,11H2,(H,19,21)(H2,17,22,23)/t15-/m1/s1. The van der Waals surface area contributed by atoms with Crippen LogP contribution in [0.4, 0.5) is 0 Å². The van der Waals surface area contributed by atoms with E-state index < -0.39 is 10.0 Å². The van der Waals surface area contributed by atoms with Gasteiger partial charge in [0.1, 0.15) is 11.4 Å². The maximum atomic E-state index is 12.3. The summed E-state index contributed by atoms with van der Waals surface area (Å²) in [6.07, 6.45) is 6.49. The topological polar surface area (TPSA) is 107 Å². The number of primary sulfonamides is 1. The first-order valence-corrected chi connectivity index (χ1v) is 9.40. The minimum atomic E-state index is -3.80. The van der Waals surface area contributed by atoms with Crippen molar-refractivity contribution in [2.24, 2.45) is 5.14 Å². The van der Waals surface area contributed by atoms with E-state index >= 15 is 0 Å². The first kappa shape index (κ1) is 16.7. The van der Waals surface area contributed by atoms with Crippen LogP contribution in [0, 0.1) is 0 Å². The van der Waals surface area contributed by atoms with Crippen molar-refractivity contribution in [3.63, 3.8) is 0 Å². The summed E-state index contributed by atoms with van der Waals surface area (Å²) >= 11 is 0. The van der Waals surface area contributed by atoms with E-state index in [0.29, 0.717) is 0 Å². The molecule has 1 amide bonds. The maximum Gasteiger partial charge on any atom is 0.242 e. The van der Waals surface area contributed by atoms with Crippen LogP contribution < -0.4 is 10.5 Å². The summed E-state index contributed by atoms with van der Waals surface area (Å²) in [6, 6.07) is 8.13. The van der Waals surface area contributed by atoms with Crippen molar-refractivity contribution in [3.05, 3.63) is 47.8 Å². The first-order chi connectivity index (χ1) is 11.4. The highest BCUT2D eigenvalue weighted by Gasteiger charge is 2.20. The largest absolute Gasteiger partial charge is 0.348 e. The predicted molar refractivity (Wildman–Crippen MR) is 88.5 cm³/mol. The van der Waals surface area contributed by atoms with Gasteiger partial charge in [-0.05, 0) is 30.4 Å². The molecule has 1 aliphatic rings. The van der Waals surface area contributed by atoms with Crippen LogP contribution in [-0.4, -0.2) is 24.1 Å². The summed E-state index contributed by atoms with van der Waals surface area (Å²) in [4.78, 5) is 12.2. The highest BCUT2D eigenvalue weighted by molar-refractivity contribution is 7.89. The fourth-order valence-electron chi connectivity index (χ4n) is 3.04. The quantitative estimate of drug-likeness (QED) is 0.807. The first-order valence-electron chi connectivity index (χ1n) is 7.86. The van der Waals surface area contributed by atoms with Crippen molar-refractivity contribution in [3.8, 4) is 0 Å². The number of nitrogens with zero attached hydrogens (tertiary/aromatic N) is 2. The van der Waals surface area contributed by atoms with Gasteiger partial charge in [0.15, 0.2) is 0 Å². The van der Waals surface area contributed by atoms with Gasteiger partial charge in [0.05, 0.1) is 12.2 Å². The van der Waals surface area contributed by atoms with E-state index in [9.17, 15) is 13.2 Å². The zero-order valence-electron chi connectivity index (χ0n) is 13.2. The van der Waals surface area contributed by atoms with E-state index in [1.54, 1.807) is 0 Å². The lowest BCUT2D eigenvalue weighted by atomic mass is 9.99. The minimum absolute atomic E-state index is 0.0236. The molecule has 1 atom stereocenters. The Morgan fingerprint density at radius 1 is 1.33 bits per heavy atom. The molecule has 0 radical (unpaired) electrons. The molecule has 8 heteroatoms. The molecule has 0 fully saturated rings. The molecular formula is C16H20N4O3S. The lowest BCUT2D eigenvalue weighted by Crippen LogP contribution is -2.31.